The molecule has 0 amide bonds. The van der Waals surface area contributed by atoms with E-state index in [4.69, 9.17) is 0 Å². The molecule has 0 spiro atoms. The highest BCUT2D eigenvalue weighted by atomic mass is 16.3. The van der Waals surface area contributed by atoms with Gasteiger partial charge >= 0.3 is 0 Å². The lowest BCUT2D eigenvalue weighted by Crippen LogP contribution is -2.36. The second-order valence-corrected chi connectivity index (χ2v) is 4.31. The van der Waals surface area contributed by atoms with Crippen LogP contribution in [0.5, 0.6) is 0 Å². The van der Waals surface area contributed by atoms with Gasteiger partial charge in [-0.25, -0.2) is 0 Å². The molecule has 2 heteroatoms. The summed E-state index contributed by atoms with van der Waals surface area (Å²) < 4.78 is 0. The van der Waals surface area contributed by atoms with Crippen LogP contribution in [-0.2, 0) is 0 Å². The third kappa shape index (κ3) is 0.824. The van der Waals surface area contributed by atoms with Crippen LogP contribution in [0.2, 0.25) is 0 Å². The first-order valence-corrected chi connectivity index (χ1v) is 4.63. The predicted octanol–water partition coefficient (Wildman–Crippen LogP) is 0.944. The normalized spacial score (nSPS) is 45.1. The molecule has 3 atom stereocenters. The number of hydrogen-bond acceptors (Lipinski definition) is 2. The summed E-state index contributed by atoms with van der Waals surface area (Å²) in [6, 6.07) is 0. The Bertz CT molecular complexity index is 222. The van der Waals surface area contributed by atoms with Gasteiger partial charge in [-0.05, 0) is 18.8 Å². The number of aliphatic hydroxyl groups is 2. The van der Waals surface area contributed by atoms with E-state index < -0.39 is 0 Å². The Morgan fingerprint density at radius 3 is 2.83 bits per heavy atom. The molecule has 0 aromatic carbocycles. The molecule has 0 aliphatic heterocycles. The summed E-state index contributed by atoms with van der Waals surface area (Å²) >= 11 is 0. The molecule has 2 nitrogen and oxygen atoms in total. The molecule has 2 aliphatic rings. The Morgan fingerprint density at radius 2 is 2.33 bits per heavy atom. The van der Waals surface area contributed by atoms with Crippen molar-refractivity contribution < 1.29 is 10.2 Å². The summed E-state index contributed by atoms with van der Waals surface area (Å²) in [4.78, 5) is 0. The van der Waals surface area contributed by atoms with Gasteiger partial charge in [-0.3, -0.25) is 0 Å². The molecule has 2 N–H and O–H groups in total. The molecular formula is C10H16O2. The van der Waals surface area contributed by atoms with E-state index in [0.29, 0.717) is 5.92 Å². The van der Waals surface area contributed by atoms with Crippen LogP contribution >= 0.6 is 0 Å². The molecule has 1 fully saturated rings. The lowest BCUT2D eigenvalue weighted by Gasteiger charge is -2.36. The van der Waals surface area contributed by atoms with Crippen LogP contribution in [0.15, 0.2) is 11.6 Å². The molecule has 2 bridgehead atoms. The van der Waals surface area contributed by atoms with Crippen LogP contribution in [0.4, 0.5) is 0 Å². The van der Waals surface area contributed by atoms with Crippen molar-refractivity contribution in [1.29, 1.82) is 0 Å². The second-order valence-electron chi connectivity index (χ2n) is 4.31. The molecule has 68 valence electrons. The van der Waals surface area contributed by atoms with Crippen LogP contribution in [0.3, 0.4) is 0 Å². The van der Waals surface area contributed by atoms with Gasteiger partial charge in [-0.2, -0.15) is 0 Å². The zero-order valence-electron chi connectivity index (χ0n) is 7.45. The summed E-state index contributed by atoms with van der Waals surface area (Å²) in [5.74, 6) is 0.802. The highest BCUT2D eigenvalue weighted by Gasteiger charge is 2.50. The second kappa shape index (κ2) is 2.57. The molecule has 0 radical (unpaired) electrons. The third-order valence-electron chi connectivity index (χ3n) is 3.85. The maximum absolute atomic E-state index is 9.31. The number of rotatable bonds is 2. The van der Waals surface area contributed by atoms with Crippen molar-refractivity contribution in [3.05, 3.63) is 11.6 Å². The molecule has 0 aromatic heterocycles. The molecule has 2 aliphatic carbocycles. The molecule has 2 rings (SSSR count). The average Bonchev–Trinajstić information content (AvgIpc) is 2.63. The van der Waals surface area contributed by atoms with Crippen molar-refractivity contribution in [3.8, 4) is 0 Å². The van der Waals surface area contributed by atoms with Gasteiger partial charge in [0.1, 0.15) is 0 Å². The molecule has 0 aromatic rings. The monoisotopic (exact) mass is 168 g/mol. The van der Waals surface area contributed by atoms with Crippen molar-refractivity contribution >= 4 is 0 Å². The maximum Gasteiger partial charge on any atom is 0.0502 e. The Hall–Kier alpha value is -0.340. The Kier molecular flexibility index (Phi) is 1.77. The standard InChI is InChI=1S/C10H16O2/c1-10(6-12)8-3-2-7(4-8)9(10)5-11/h2,8-9,11-12H,3-6H2,1H3. The minimum atomic E-state index is -0.0428. The van der Waals surface area contributed by atoms with Gasteiger partial charge in [0.2, 0.25) is 0 Å². The quantitative estimate of drug-likeness (QED) is 0.602. The van der Waals surface area contributed by atoms with E-state index in [2.05, 4.69) is 13.0 Å². The van der Waals surface area contributed by atoms with E-state index in [0.717, 1.165) is 12.8 Å². The first-order valence-electron chi connectivity index (χ1n) is 4.63. The largest absolute Gasteiger partial charge is 0.396 e. The Labute approximate surface area is 72.9 Å². The van der Waals surface area contributed by atoms with Crippen LogP contribution < -0.4 is 0 Å². The van der Waals surface area contributed by atoms with E-state index in [1.165, 1.54) is 5.57 Å². The van der Waals surface area contributed by atoms with E-state index in [1.807, 2.05) is 0 Å². The van der Waals surface area contributed by atoms with Gasteiger partial charge in [-0.15, -0.1) is 0 Å². The van der Waals surface area contributed by atoms with Crippen molar-refractivity contribution in [2.24, 2.45) is 17.3 Å². The van der Waals surface area contributed by atoms with Gasteiger partial charge in [0, 0.05) is 17.9 Å². The summed E-state index contributed by atoms with van der Waals surface area (Å²) in [7, 11) is 0. The predicted molar refractivity (Wildman–Crippen MR) is 46.6 cm³/mol. The van der Waals surface area contributed by atoms with Crippen LogP contribution in [-0.4, -0.2) is 23.4 Å². The molecule has 1 saturated carbocycles. The number of hydrogen-bond donors (Lipinski definition) is 2. The van der Waals surface area contributed by atoms with Crippen LogP contribution in [0.25, 0.3) is 0 Å². The number of aliphatic hydroxyl groups excluding tert-OH is 2. The van der Waals surface area contributed by atoms with E-state index in [-0.39, 0.29) is 24.5 Å². The summed E-state index contributed by atoms with van der Waals surface area (Å²) in [6.45, 7) is 2.50. The fourth-order valence-corrected chi connectivity index (χ4v) is 2.80. The van der Waals surface area contributed by atoms with E-state index in [9.17, 15) is 10.2 Å². The zero-order valence-corrected chi connectivity index (χ0v) is 7.45. The van der Waals surface area contributed by atoms with Crippen molar-refractivity contribution in [2.45, 2.75) is 19.8 Å². The van der Waals surface area contributed by atoms with Crippen molar-refractivity contribution in [3.63, 3.8) is 0 Å². The maximum atomic E-state index is 9.31. The molecule has 0 heterocycles. The zero-order chi connectivity index (χ0) is 8.77. The summed E-state index contributed by atoms with van der Waals surface area (Å²) in [5.41, 5.74) is 1.33. The highest BCUT2D eigenvalue weighted by molar-refractivity contribution is 5.26. The van der Waals surface area contributed by atoms with Crippen molar-refractivity contribution in [2.75, 3.05) is 13.2 Å². The number of fused-ring (bicyclic) bond motifs is 2. The van der Waals surface area contributed by atoms with E-state index in [1.54, 1.807) is 0 Å². The lowest BCUT2D eigenvalue weighted by molar-refractivity contribution is 0.0364. The van der Waals surface area contributed by atoms with Crippen molar-refractivity contribution in [1.82, 2.24) is 0 Å². The van der Waals surface area contributed by atoms with Crippen LogP contribution in [0.1, 0.15) is 19.8 Å². The summed E-state index contributed by atoms with van der Waals surface area (Å²) in [6.07, 6.45) is 4.44. The Balaban J connectivity index is 2.30. The van der Waals surface area contributed by atoms with Crippen LogP contribution in [0, 0.1) is 17.3 Å². The van der Waals surface area contributed by atoms with Gasteiger partial charge in [0.25, 0.3) is 0 Å². The van der Waals surface area contributed by atoms with Gasteiger partial charge in [-0.1, -0.05) is 18.6 Å². The highest BCUT2D eigenvalue weighted by Crippen LogP contribution is 2.55. The van der Waals surface area contributed by atoms with Gasteiger partial charge in [0.15, 0.2) is 0 Å². The molecule has 3 unspecified atom stereocenters. The Morgan fingerprint density at radius 1 is 1.58 bits per heavy atom. The first kappa shape index (κ1) is 8.27. The smallest absolute Gasteiger partial charge is 0.0502 e. The third-order valence-corrected chi connectivity index (χ3v) is 3.85. The topological polar surface area (TPSA) is 40.5 Å². The van der Waals surface area contributed by atoms with E-state index >= 15 is 0 Å². The molecule has 0 saturated heterocycles. The minimum Gasteiger partial charge on any atom is -0.396 e. The fraction of sp³-hybridized carbons (Fsp3) is 0.800. The first-order chi connectivity index (χ1) is 5.72. The fourth-order valence-electron chi connectivity index (χ4n) is 2.80. The SMILES string of the molecule is CC1(CO)C2CC=C(C2)C1CO. The summed E-state index contributed by atoms with van der Waals surface area (Å²) in [5, 5.41) is 18.5. The molecule has 12 heavy (non-hydrogen) atoms. The minimum absolute atomic E-state index is 0.0428. The average molecular weight is 168 g/mol. The van der Waals surface area contributed by atoms with Gasteiger partial charge in [0.05, 0.1) is 6.61 Å². The van der Waals surface area contributed by atoms with Gasteiger partial charge < -0.3 is 10.2 Å². The lowest BCUT2D eigenvalue weighted by atomic mass is 9.71. The molecular weight excluding hydrogens is 152 g/mol. The number of allylic oxidation sites excluding steroid dienone is 1.